The van der Waals surface area contributed by atoms with E-state index in [9.17, 15) is 10.0 Å². The van der Waals surface area contributed by atoms with E-state index in [-0.39, 0.29) is 14.2 Å². The van der Waals surface area contributed by atoms with Gasteiger partial charge in [0.1, 0.15) is 23.5 Å². The molecule has 3 N–H and O–H groups in total. The maximum atomic E-state index is 13.0. The van der Waals surface area contributed by atoms with Crippen molar-refractivity contribution in [1.29, 1.82) is 0 Å². The highest BCUT2D eigenvalue weighted by molar-refractivity contribution is 5.90. The largest absolute Gasteiger partial charge is 0.497 e. The highest BCUT2D eigenvalue weighted by Crippen LogP contribution is 2.22. The first-order valence-electron chi connectivity index (χ1n) is 15.4. The number of nitrogens with zero attached hydrogens (tertiary/aromatic N) is 9. The van der Waals surface area contributed by atoms with Gasteiger partial charge in [-0.25, -0.2) is 14.8 Å². The van der Waals surface area contributed by atoms with Crippen LogP contribution in [-0.4, -0.2) is 48.1 Å². The minimum atomic E-state index is -0.573. The lowest BCUT2D eigenvalue weighted by atomic mass is 10.2. The van der Waals surface area contributed by atoms with Gasteiger partial charge in [-0.15, -0.1) is 0 Å². The molecule has 0 aliphatic heterocycles. The number of hydrogen-bond donors (Lipinski definition) is 2. The standard InChI is InChI=1S/C20H19N5O3.C20H6.H3N5O3.6H2/c1-4-28-13(2)15-9-17-18(21-10-15)24(20(26)25-19(17)22-12-23-25)11-14-5-7-16(27-3)8-6-14;1-3-5-7-9-11-13-15-17-19-20-18-16-14-12-10-8-6-4-2;1-2-3-4-5(6)8-7;;;;;;/h5-10,12H,2,4,11H2,1,3H3;1-2H3;7H,(H2,1,3);6*1H. The molecule has 16 nitrogen and oxygen atoms in total. The van der Waals surface area contributed by atoms with Gasteiger partial charge in [-0.05, 0) is 139 Å². The van der Waals surface area contributed by atoms with Gasteiger partial charge in [0.25, 0.3) is 0 Å². The molecule has 0 aliphatic rings. The Kier molecular flexibility index (Phi) is 19.9. The fourth-order valence-corrected chi connectivity index (χ4v) is 3.71. The monoisotopic (exact) mass is 756 g/mol. The summed E-state index contributed by atoms with van der Waals surface area (Å²) in [5, 5.41) is 28.9. The van der Waals surface area contributed by atoms with Crippen LogP contribution in [0.25, 0.3) is 22.4 Å². The minimum Gasteiger partial charge on any atom is -0.497 e. The Morgan fingerprint density at radius 3 is 1.91 bits per heavy atom. The van der Waals surface area contributed by atoms with Gasteiger partial charge in [0.2, 0.25) is 10.4 Å². The topological polar surface area (TPSA) is 202 Å². The number of ether oxygens (including phenoxy) is 2. The fourth-order valence-electron chi connectivity index (χ4n) is 3.71. The van der Waals surface area contributed by atoms with E-state index in [1.54, 1.807) is 31.7 Å². The molecule has 3 aromatic heterocycles. The Labute approximate surface area is 330 Å². The molecule has 0 unspecified atom stereocenters. The van der Waals surface area contributed by atoms with Gasteiger partial charge >= 0.3 is 5.69 Å². The molecule has 0 amide bonds. The van der Waals surface area contributed by atoms with Crippen LogP contribution in [0, 0.1) is 112 Å². The van der Waals surface area contributed by atoms with Gasteiger partial charge in [-0.1, -0.05) is 30.6 Å². The van der Waals surface area contributed by atoms with Gasteiger partial charge in [-0.2, -0.15) is 9.61 Å². The summed E-state index contributed by atoms with van der Waals surface area (Å²) < 4.78 is 13.5. The molecule has 4 rings (SSSR count). The van der Waals surface area contributed by atoms with Crippen molar-refractivity contribution in [1.82, 2.24) is 24.1 Å². The van der Waals surface area contributed by atoms with E-state index in [0.29, 0.717) is 35.6 Å². The Bertz CT molecular complexity index is 2700. The number of methoxy groups -OCH3 is 1. The van der Waals surface area contributed by atoms with Crippen LogP contribution in [0.15, 0.2) is 69.9 Å². The lowest BCUT2D eigenvalue weighted by molar-refractivity contribution is -0.873. The van der Waals surface area contributed by atoms with Crippen LogP contribution in [0.1, 0.15) is 40.5 Å². The van der Waals surface area contributed by atoms with E-state index in [1.807, 2.05) is 37.3 Å². The molecule has 1 aromatic carbocycles. The minimum absolute atomic E-state index is 0. The van der Waals surface area contributed by atoms with Crippen LogP contribution in [0.3, 0.4) is 0 Å². The summed E-state index contributed by atoms with van der Waals surface area (Å²) >= 11 is 0. The Hall–Kier alpha value is -9.08. The maximum absolute atomic E-state index is 13.0. The van der Waals surface area contributed by atoms with Crippen molar-refractivity contribution >= 4 is 22.4 Å². The van der Waals surface area contributed by atoms with Gasteiger partial charge in [0.15, 0.2) is 5.65 Å². The van der Waals surface area contributed by atoms with Crippen molar-refractivity contribution in [3.05, 3.63) is 76.3 Å². The molecular formula is C40H40N10O6. The van der Waals surface area contributed by atoms with Crippen molar-refractivity contribution in [3.63, 3.8) is 0 Å². The number of nitrogens with two attached hydrogens (primary N) is 1. The number of rotatable bonds is 8. The second-order valence-electron chi connectivity index (χ2n) is 9.28. The summed E-state index contributed by atoms with van der Waals surface area (Å²) in [6, 6.07) is 9.40. The van der Waals surface area contributed by atoms with Crippen LogP contribution in [0.2, 0.25) is 0 Å². The molecule has 0 aliphatic carbocycles. The number of aromatic nitrogens is 5. The quantitative estimate of drug-likeness (QED) is 0.0638. The molecule has 0 radical (unpaired) electrons. The number of fused-ring (bicyclic) bond motifs is 3. The number of hydrogen-bond acceptors (Lipinski definition) is 10. The molecule has 0 saturated carbocycles. The molecule has 3 heterocycles. The summed E-state index contributed by atoms with van der Waals surface area (Å²) in [6.45, 7) is 10.1. The summed E-state index contributed by atoms with van der Waals surface area (Å²) in [5.74, 6) is 51.3. The SMILES string of the molecule is C=C(OCC)c1cnc2c(c1)c1ncnn1c(=O)n2Cc1ccc(OC)cc1.CC#CC#CC#CC#CC#CC#CC#CC#CC#CC.NN=NN=[N+]([O-])OO.[HH].[HH].[HH].[HH].[HH].[HH]. The average Bonchev–Trinajstić information content (AvgIpc) is 3.73. The molecular weight excluding hydrogens is 717 g/mol. The zero-order valence-electron chi connectivity index (χ0n) is 30.3. The van der Waals surface area contributed by atoms with Gasteiger partial charge in [0, 0.05) is 20.3 Å². The molecule has 0 fully saturated rings. The van der Waals surface area contributed by atoms with Crippen LogP contribution >= 0.6 is 0 Å². The van der Waals surface area contributed by atoms with Crippen LogP contribution in [0.5, 0.6) is 5.75 Å². The van der Waals surface area contributed by atoms with E-state index in [1.165, 1.54) is 10.8 Å². The van der Waals surface area contributed by atoms with Gasteiger partial charge in [-0.3, -0.25) is 15.7 Å². The Balaban J connectivity index is -0.000000284. The lowest BCUT2D eigenvalue weighted by Crippen LogP contribution is -2.29. The molecule has 0 saturated heterocycles. The second kappa shape index (κ2) is 25.8. The highest BCUT2D eigenvalue weighted by atomic mass is 17.2. The van der Waals surface area contributed by atoms with Crippen molar-refractivity contribution < 1.29 is 33.3 Å². The normalized spacial score (nSPS) is 8.70. The first-order valence-corrected chi connectivity index (χ1v) is 15.4. The zero-order chi connectivity index (χ0) is 40.8. The molecule has 286 valence electrons. The predicted octanol–water partition coefficient (Wildman–Crippen LogP) is 4.63. The summed E-state index contributed by atoms with van der Waals surface area (Å²) in [5.41, 5.74) is 2.33. The molecule has 0 atom stereocenters. The summed E-state index contributed by atoms with van der Waals surface area (Å²) in [7, 11) is 1.61. The Morgan fingerprint density at radius 2 is 1.45 bits per heavy atom. The third-order valence-electron chi connectivity index (χ3n) is 5.89. The van der Waals surface area contributed by atoms with Crippen LogP contribution in [-0.2, 0) is 16.3 Å². The summed E-state index contributed by atoms with van der Waals surface area (Å²) in [4.78, 5) is 24.7. The van der Waals surface area contributed by atoms with Crippen molar-refractivity contribution in [2.75, 3.05) is 13.7 Å². The third-order valence-corrected chi connectivity index (χ3v) is 5.89. The Morgan fingerprint density at radius 1 is 0.911 bits per heavy atom. The average molecular weight is 757 g/mol. The molecule has 0 spiro atoms. The van der Waals surface area contributed by atoms with Crippen LogP contribution in [0.4, 0.5) is 0 Å². The molecule has 0 bridgehead atoms. The van der Waals surface area contributed by atoms with E-state index < -0.39 is 5.02 Å². The molecule has 56 heavy (non-hydrogen) atoms. The van der Waals surface area contributed by atoms with Crippen molar-refractivity contribution in [2.45, 2.75) is 27.3 Å². The zero-order valence-corrected chi connectivity index (χ0v) is 30.3. The third kappa shape index (κ3) is 15.0. The van der Waals surface area contributed by atoms with Crippen LogP contribution < -0.4 is 16.3 Å². The molecule has 16 heteroatoms. The lowest BCUT2D eigenvalue weighted by Gasteiger charge is -2.13. The number of pyridine rings is 1. The van der Waals surface area contributed by atoms with E-state index in [4.69, 9.17) is 14.7 Å². The smallest absolute Gasteiger partial charge is 0.352 e. The van der Waals surface area contributed by atoms with Gasteiger partial charge < -0.3 is 19.7 Å². The van der Waals surface area contributed by atoms with E-state index in [0.717, 1.165) is 16.9 Å². The van der Waals surface area contributed by atoms with Gasteiger partial charge in [0.05, 0.1) is 35.9 Å². The van der Waals surface area contributed by atoms with E-state index >= 15 is 0 Å². The summed E-state index contributed by atoms with van der Waals surface area (Å²) in [6.07, 6.45) is 3.01. The maximum Gasteiger partial charge on any atom is 0.352 e. The van der Waals surface area contributed by atoms with Crippen molar-refractivity contribution in [3.8, 4) is 112 Å². The predicted molar refractivity (Wildman–Crippen MR) is 218 cm³/mol. The highest BCUT2D eigenvalue weighted by Gasteiger charge is 2.15. The number of benzene rings is 1. The molecule has 4 aromatic rings. The first kappa shape index (κ1) is 43.1. The fraction of sp³-hybridized carbons (Fsp3) is 0.150. The van der Waals surface area contributed by atoms with E-state index in [2.05, 4.69) is 155 Å². The van der Waals surface area contributed by atoms with Crippen molar-refractivity contribution in [2.24, 2.45) is 21.5 Å². The first-order chi connectivity index (χ1) is 27.3. The second-order valence-corrected chi connectivity index (χ2v) is 9.28.